The predicted octanol–water partition coefficient (Wildman–Crippen LogP) is 6.17. The summed E-state index contributed by atoms with van der Waals surface area (Å²) in [6.45, 7) is 3.70. The van der Waals surface area contributed by atoms with Crippen molar-refractivity contribution < 1.29 is 22.0 Å². The van der Waals surface area contributed by atoms with Crippen molar-refractivity contribution in [1.82, 2.24) is 19.7 Å². The lowest BCUT2D eigenvalue weighted by atomic mass is 9.82. The van der Waals surface area contributed by atoms with Gasteiger partial charge in [0.05, 0.1) is 28.9 Å². The Hall–Kier alpha value is -4.83. The highest BCUT2D eigenvalue weighted by Crippen LogP contribution is 2.36. The van der Waals surface area contributed by atoms with E-state index in [9.17, 15) is 22.0 Å². The van der Waals surface area contributed by atoms with Crippen LogP contribution in [0.3, 0.4) is 0 Å². The number of aromatic nitrogens is 3. The quantitative estimate of drug-likeness (QED) is 0.230. The maximum atomic E-state index is 14.8. The Kier molecular flexibility index (Phi) is 7.66. The Morgan fingerprint density at radius 2 is 1.26 bits per heavy atom. The van der Waals surface area contributed by atoms with Gasteiger partial charge in [-0.2, -0.15) is 13.8 Å². The fourth-order valence-corrected chi connectivity index (χ4v) is 4.95. The summed E-state index contributed by atoms with van der Waals surface area (Å²) in [5.74, 6) is -2.82. The van der Waals surface area contributed by atoms with Crippen LogP contribution in [0.25, 0.3) is 33.5 Å². The van der Waals surface area contributed by atoms with Gasteiger partial charge < -0.3 is 0 Å². The fourth-order valence-electron chi connectivity index (χ4n) is 4.51. The van der Waals surface area contributed by atoms with Crippen LogP contribution in [0.15, 0.2) is 97.1 Å². The summed E-state index contributed by atoms with van der Waals surface area (Å²) >= 11 is 0. The van der Waals surface area contributed by atoms with Crippen LogP contribution >= 0.6 is 0 Å². The topological polar surface area (TPSA) is 102 Å². The van der Waals surface area contributed by atoms with E-state index in [4.69, 9.17) is 4.98 Å². The minimum atomic E-state index is -3.85. The summed E-state index contributed by atoms with van der Waals surface area (Å²) < 4.78 is 54.1. The van der Waals surface area contributed by atoms with Crippen molar-refractivity contribution >= 4 is 15.9 Å². The lowest BCUT2D eigenvalue weighted by molar-refractivity contribution is 0.0976. The number of hydrogen-bond donors (Lipinski definition) is 1. The van der Waals surface area contributed by atoms with E-state index in [1.165, 1.54) is 12.1 Å². The largest absolute Gasteiger partial charge is 0.283 e. The molecule has 212 valence electrons. The number of rotatable bonds is 7. The molecule has 1 N–H and O–H groups in total. The van der Waals surface area contributed by atoms with Gasteiger partial charge in [0, 0.05) is 5.41 Å². The number of benzene rings is 2. The standard InChI is InChI=1S/C32H26F2N4O3S/c1-32(2,28-19-23(21-12-8-5-9-13-21)17-26(36-28)31(39)38-42(3,40)41)27-18-22(20-10-6-4-7-11-20)16-25(35-27)24-14-15-29(33)37-30(24)34/h4-19H,1-3H3,(H,38,39). The van der Waals surface area contributed by atoms with Gasteiger partial charge in [0.25, 0.3) is 5.91 Å². The van der Waals surface area contributed by atoms with Crippen molar-refractivity contribution in [2.24, 2.45) is 0 Å². The van der Waals surface area contributed by atoms with Crippen LogP contribution in [0.2, 0.25) is 0 Å². The maximum absolute atomic E-state index is 14.8. The molecule has 0 aliphatic rings. The second kappa shape index (κ2) is 11.2. The molecular formula is C32H26F2N4O3S. The van der Waals surface area contributed by atoms with Gasteiger partial charge in [-0.25, -0.2) is 18.1 Å². The monoisotopic (exact) mass is 584 g/mol. The summed E-state index contributed by atoms with van der Waals surface area (Å²) in [7, 11) is -3.85. The zero-order valence-electron chi connectivity index (χ0n) is 23.0. The lowest BCUT2D eigenvalue weighted by Gasteiger charge is -2.26. The second-order valence-corrected chi connectivity index (χ2v) is 12.0. The van der Waals surface area contributed by atoms with Crippen molar-refractivity contribution in [2.45, 2.75) is 19.3 Å². The van der Waals surface area contributed by atoms with E-state index >= 15 is 0 Å². The second-order valence-electron chi connectivity index (χ2n) is 10.3. The number of pyridine rings is 3. The van der Waals surface area contributed by atoms with Gasteiger partial charge in [-0.15, -0.1) is 0 Å². The van der Waals surface area contributed by atoms with Gasteiger partial charge in [0.15, 0.2) is 0 Å². The first-order chi connectivity index (χ1) is 19.9. The smallest absolute Gasteiger partial charge is 0.266 e. The fraction of sp³-hybridized carbons (Fsp3) is 0.125. The molecule has 0 radical (unpaired) electrons. The van der Waals surface area contributed by atoms with Crippen molar-refractivity contribution in [3.05, 3.63) is 126 Å². The van der Waals surface area contributed by atoms with E-state index in [-0.39, 0.29) is 17.0 Å². The van der Waals surface area contributed by atoms with Crippen LogP contribution in [-0.4, -0.2) is 35.5 Å². The zero-order valence-corrected chi connectivity index (χ0v) is 23.8. The van der Waals surface area contributed by atoms with Gasteiger partial charge in [-0.3, -0.25) is 9.78 Å². The summed E-state index contributed by atoms with van der Waals surface area (Å²) in [4.78, 5) is 25.6. The minimum absolute atomic E-state index is 0.0189. The van der Waals surface area contributed by atoms with Gasteiger partial charge in [0.1, 0.15) is 5.69 Å². The first-order valence-electron chi connectivity index (χ1n) is 12.9. The number of halogens is 2. The molecule has 0 aliphatic carbocycles. The molecule has 0 saturated heterocycles. The van der Waals surface area contributed by atoms with Crippen LogP contribution in [0.4, 0.5) is 8.78 Å². The molecule has 1 amide bonds. The van der Waals surface area contributed by atoms with E-state index in [1.807, 2.05) is 91.4 Å². The Balaban J connectivity index is 1.72. The highest BCUT2D eigenvalue weighted by molar-refractivity contribution is 7.89. The van der Waals surface area contributed by atoms with Crippen LogP contribution in [0, 0.1) is 11.9 Å². The first kappa shape index (κ1) is 28.7. The Morgan fingerprint density at radius 1 is 0.714 bits per heavy atom. The van der Waals surface area contributed by atoms with E-state index in [1.54, 1.807) is 6.07 Å². The Bertz CT molecular complexity index is 1900. The maximum Gasteiger partial charge on any atom is 0.283 e. The number of nitrogens with zero attached hydrogens (tertiary/aromatic N) is 3. The van der Waals surface area contributed by atoms with Gasteiger partial charge in [-0.1, -0.05) is 60.7 Å². The molecular weight excluding hydrogens is 558 g/mol. The first-order valence-corrected chi connectivity index (χ1v) is 14.8. The Labute approximate surface area is 242 Å². The SMILES string of the molecule is CC(C)(c1cc(-c2ccccc2)cc(C(=O)NS(C)(=O)=O)n1)c1cc(-c2ccccc2)cc(-c2ccc(F)nc2F)n1. The van der Waals surface area contributed by atoms with Crippen molar-refractivity contribution in [3.8, 4) is 33.5 Å². The molecule has 0 fully saturated rings. The third kappa shape index (κ3) is 6.23. The highest BCUT2D eigenvalue weighted by Gasteiger charge is 2.30. The van der Waals surface area contributed by atoms with Crippen molar-refractivity contribution in [1.29, 1.82) is 0 Å². The summed E-state index contributed by atoms with van der Waals surface area (Å²) in [5.41, 5.74) is 3.07. The Morgan fingerprint density at radius 3 is 1.81 bits per heavy atom. The molecule has 2 aromatic carbocycles. The minimum Gasteiger partial charge on any atom is -0.266 e. The number of sulfonamides is 1. The molecule has 0 unspecified atom stereocenters. The molecule has 5 aromatic rings. The van der Waals surface area contributed by atoms with E-state index in [2.05, 4.69) is 9.97 Å². The molecule has 0 spiro atoms. The molecule has 0 bridgehead atoms. The molecule has 5 rings (SSSR count). The molecule has 0 aliphatic heterocycles. The van der Waals surface area contributed by atoms with Crippen LogP contribution < -0.4 is 4.72 Å². The number of nitrogens with one attached hydrogen (secondary N) is 1. The van der Waals surface area contributed by atoms with Crippen LogP contribution in [-0.2, 0) is 15.4 Å². The van der Waals surface area contributed by atoms with E-state index in [0.29, 0.717) is 17.0 Å². The average molecular weight is 585 g/mol. The third-order valence-corrected chi connectivity index (χ3v) is 7.30. The summed E-state index contributed by atoms with van der Waals surface area (Å²) in [6.07, 6.45) is 0.890. The summed E-state index contributed by atoms with van der Waals surface area (Å²) in [6, 6.07) is 27.9. The molecule has 3 aromatic heterocycles. The number of carbonyl (C=O) groups excluding carboxylic acids is 1. The molecule has 7 nitrogen and oxygen atoms in total. The van der Waals surface area contributed by atoms with Gasteiger partial charge in [-0.05, 0) is 72.5 Å². The van der Waals surface area contributed by atoms with Crippen molar-refractivity contribution in [2.75, 3.05) is 6.26 Å². The normalized spacial score (nSPS) is 11.7. The highest BCUT2D eigenvalue weighted by atomic mass is 32.2. The number of amides is 1. The van der Waals surface area contributed by atoms with Crippen LogP contribution in [0.1, 0.15) is 35.7 Å². The van der Waals surface area contributed by atoms with Crippen molar-refractivity contribution in [3.63, 3.8) is 0 Å². The lowest BCUT2D eigenvalue weighted by Crippen LogP contribution is -2.31. The molecule has 42 heavy (non-hydrogen) atoms. The number of carbonyl (C=O) groups is 1. The molecule has 3 heterocycles. The zero-order chi connectivity index (χ0) is 30.1. The van der Waals surface area contributed by atoms with Gasteiger partial charge >= 0.3 is 0 Å². The van der Waals surface area contributed by atoms with E-state index in [0.717, 1.165) is 29.0 Å². The van der Waals surface area contributed by atoms with Gasteiger partial charge in [0.2, 0.25) is 21.9 Å². The summed E-state index contributed by atoms with van der Waals surface area (Å²) in [5, 5.41) is 0. The predicted molar refractivity (Wildman–Crippen MR) is 157 cm³/mol. The molecule has 0 saturated carbocycles. The molecule has 10 heteroatoms. The van der Waals surface area contributed by atoms with E-state index < -0.39 is 33.2 Å². The van der Waals surface area contributed by atoms with Crippen LogP contribution in [0.5, 0.6) is 0 Å². The average Bonchev–Trinajstić information content (AvgIpc) is 2.96. The third-order valence-electron chi connectivity index (χ3n) is 6.75. The molecule has 0 atom stereocenters. The number of hydrogen-bond acceptors (Lipinski definition) is 6.